The summed E-state index contributed by atoms with van der Waals surface area (Å²) in [7, 11) is 0. The molecule has 0 amide bonds. The highest BCUT2D eigenvalue weighted by molar-refractivity contribution is 8.00. The van der Waals surface area contributed by atoms with Gasteiger partial charge in [-0.05, 0) is 25.5 Å². The zero-order chi connectivity index (χ0) is 9.97. The quantitative estimate of drug-likeness (QED) is 0.798. The summed E-state index contributed by atoms with van der Waals surface area (Å²) in [5.41, 5.74) is 2.58. The Morgan fingerprint density at radius 1 is 1.29 bits per heavy atom. The first-order valence-electron chi connectivity index (χ1n) is 5.19. The lowest BCUT2D eigenvalue weighted by atomic mass is 10.1. The van der Waals surface area contributed by atoms with Crippen molar-refractivity contribution in [3.05, 3.63) is 29.8 Å². The molecule has 1 aromatic carbocycles. The smallest absolute Gasteiger partial charge is 0.0362 e. The molecule has 1 aliphatic heterocycles. The molecule has 2 heteroatoms. The van der Waals surface area contributed by atoms with Crippen molar-refractivity contribution >= 4 is 17.4 Å². The first-order valence-corrected chi connectivity index (χ1v) is 6.24. The molecule has 1 saturated heterocycles. The molecule has 0 aliphatic carbocycles. The fourth-order valence-electron chi connectivity index (χ4n) is 1.80. The van der Waals surface area contributed by atoms with E-state index in [9.17, 15) is 0 Å². The second-order valence-electron chi connectivity index (χ2n) is 4.09. The van der Waals surface area contributed by atoms with E-state index in [-0.39, 0.29) is 0 Å². The third kappa shape index (κ3) is 2.44. The highest BCUT2D eigenvalue weighted by atomic mass is 32.2. The molecule has 0 aromatic heterocycles. The Morgan fingerprint density at radius 3 is 2.57 bits per heavy atom. The van der Waals surface area contributed by atoms with E-state index in [1.807, 2.05) is 0 Å². The van der Waals surface area contributed by atoms with Crippen LogP contribution in [0.2, 0.25) is 0 Å². The molecule has 2 rings (SSSR count). The largest absolute Gasteiger partial charge is 0.381 e. The molecule has 1 nitrogen and oxygen atoms in total. The van der Waals surface area contributed by atoms with E-state index in [1.54, 1.807) is 0 Å². The van der Waals surface area contributed by atoms with Gasteiger partial charge >= 0.3 is 0 Å². The normalized spacial score (nSPS) is 26.4. The molecule has 2 atom stereocenters. The molecule has 1 N–H and O–H groups in total. The Bertz CT molecular complexity index is 294. The lowest BCUT2D eigenvalue weighted by Crippen LogP contribution is -2.18. The maximum absolute atomic E-state index is 3.58. The van der Waals surface area contributed by atoms with Crippen LogP contribution in [0.5, 0.6) is 0 Å². The molecular formula is C12H17NS. The average Bonchev–Trinajstić information content (AvgIpc) is 2.56. The van der Waals surface area contributed by atoms with Crippen LogP contribution in [0.3, 0.4) is 0 Å². The average molecular weight is 207 g/mol. The van der Waals surface area contributed by atoms with Crippen molar-refractivity contribution in [3.63, 3.8) is 0 Å². The molecule has 1 heterocycles. The maximum atomic E-state index is 3.58. The predicted molar refractivity (Wildman–Crippen MR) is 65.1 cm³/mol. The molecule has 76 valence electrons. The minimum atomic E-state index is 0.665. The highest BCUT2D eigenvalue weighted by Crippen LogP contribution is 2.28. The van der Waals surface area contributed by atoms with E-state index >= 15 is 0 Å². The van der Waals surface area contributed by atoms with Gasteiger partial charge in [-0.1, -0.05) is 24.6 Å². The highest BCUT2D eigenvalue weighted by Gasteiger charge is 2.21. The second kappa shape index (κ2) is 4.26. The van der Waals surface area contributed by atoms with Gasteiger partial charge in [0.25, 0.3) is 0 Å². The van der Waals surface area contributed by atoms with Gasteiger partial charge in [-0.25, -0.2) is 0 Å². The number of hydrogen-bond acceptors (Lipinski definition) is 2. The summed E-state index contributed by atoms with van der Waals surface area (Å²) in [6.45, 7) is 4.43. The Balaban J connectivity index is 1.94. The first kappa shape index (κ1) is 9.91. The Kier molecular flexibility index (Phi) is 3.02. The van der Waals surface area contributed by atoms with Crippen LogP contribution >= 0.6 is 11.8 Å². The molecule has 0 spiro atoms. The Morgan fingerprint density at radius 2 is 2.00 bits per heavy atom. The zero-order valence-corrected chi connectivity index (χ0v) is 9.60. The van der Waals surface area contributed by atoms with Crippen LogP contribution in [0.4, 0.5) is 5.69 Å². The minimum Gasteiger partial charge on any atom is -0.381 e. The lowest BCUT2D eigenvalue weighted by Gasteiger charge is -2.13. The number of hydrogen-bond donors (Lipinski definition) is 1. The molecule has 0 bridgehead atoms. The Labute approximate surface area is 90.3 Å². The molecule has 0 radical (unpaired) electrons. The zero-order valence-electron chi connectivity index (χ0n) is 8.79. The number of nitrogens with one attached hydrogen (secondary N) is 1. The van der Waals surface area contributed by atoms with E-state index in [2.05, 4.69) is 55.2 Å². The third-order valence-corrected chi connectivity index (χ3v) is 3.98. The number of rotatable bonds is 2. The van der Waals surface area contributed by atoms with Gasteiger partial charge in [0.15, 0.2) is 0 Å². The van der Waals surface area contributed by atoms with Crippen LogP contribution < -0.4 is 5.32 Å². The van der Waals surface area contributed by atoms with Gasteiger partial charge in [-0.15, -0.1) is 0 Å². The van der Waals surface area contributed by atoms with Gasteiger partial charge < -0.3 is 5.32 Å². The van der Waals surface area contributed by atoms with Crippen LogP contribution in [0.1, 0.15) is 18.9 Å². The van der Waals surface area contributed by atoms with Gasteiger partial charge in [0.2, 0.25) is 0 Å². The summed E-state index contributed by atoms with van der Waals surface area (Å²) in [4.78, 5) is 0. The molecule has 1 aromatic rings. The van der Waals surface area contributed by atoms with Crippen molar-refractivity contribution in [1.82, 2.24) is 0 Å². The number of aryl methyl sites for hydroxylation is 1. The minimum absolute atomic E-state index is 0.665. The van der Waals surface area contributed by atoms with E-state index in [4.69, 9.17) is 0 Å². The third-order valence-electron chi connectivity index (χ3n) is 2.62. The number of thioether (sulfide) groups is 1. The summed E-state index contributed by atoms with van der Waals surface area (Å²) in [6.07, 6.45) is 1.29. The summed E-state index contributed by atoms with van der Waals surface area (Å²) >= 11 is 2.07. The molecular weight excluding hydrogens is 190 g/mol. The number of anilines is 1. The van der Waals surface area contributed by atoms with Crippen molar-refractivity contribution in [2.24, 2.45) is 0 Å². The van der Waals surface area contributed by atoms with Crippen LogP contribution in [-0.2, 0) is 0 Å². The van der Waals surface area contributed by atoms with Crippen LogP contribution in [0.15, 0.2) is 24.3 Å². The monoisotopic (exact) mass is 207 g/mol. The Hall–Kier alpha value is -0.630. The van der Waals surface area contributed by atoms with Crippen molar-refractivity contribution in [1.29, 1.82) is 0 Å². The summed E-state index contributed by atoms with van der Waals surface area (Å²) in [5.74, 6) is 1.25. The molecule has 14 heavy (non-hydrogen) atoms. The van der Waals surface area contributed by atoms with Crippen LogP contribution in [0, 0.1) is 6.92 Å². The van der Waals surface area contributed by atoms with Crippen molar-refractivity contribution in [2.75, 3.05) is 11.1 Å². The van der Waals surface area contributed by atoms with Crippen LogP contribution in [-0.4, -0.2) is 17.0 Å². The summed E-state index contributed by atoms with van der Waals surface area (Å²) < 4.78 is 0. The molecule has 2 unspecified atom stereocenters. The standard InChI is InChI=1S/C12H17NS/c1-9-3-5-11(6-4-9)13-12-7-10(2)14-8-12/h3-6,10,12-13H,7-8H2,1-2H3. The summed E-state index contributed by atoms with van der Waals surface area (Å²) in [5, 5.41) is 4.40. The topological polar surface area (TPSA) is 12.0 Å². The van der Waals surface area contributed by atoms with Gasteiger partial charge in [0.05, 0.1) is 0 Å². The SMILES string of the molecule is Cc1ccc(NC2CSC(C)C2)cc1. The van der Waals surface area contributed by atoms with E-state index in [0.29, 0.717) is 6.04 Å². The van der Waals surface area contributed by atoms with Crippen molar-refractivity contribution < 1.29 is 0 Å². The van der Waals surface area contributed by atoms with Crippen molar-refractivity contribution in [3.8, 4) is 0 Å². The fraction of sp³-hybridized carbons (Fsp3) is 0.500. The van der Waals surface area contributed by atoms with Gasteiger partial charge in [0, 0.05) is 22.7 Å². The maximum Gasteiger partial charge on any atom is 0.0362 e. The first-order chi connectivity index (χ1) is 6.74. The second-order valence-corrected chi connectivity index (χ2v) is 5.56. The molecule has 1 aliphatic rings. The number of benzene rings is 1. The molecule has 1 fully saturated rings. The predicted octanol–water partition coefficient (Wildman–Crippen LogP) is 3.30. The fourth-order valence-corrected chi connectivity index (χ4v) is 2.95. The molecule has 0 saturated carbocycles. The van der Waals surface area contributed by atoms with Gasteiger partial charge in [0.1, 0.15) is 0 Å². The van der Waals surface area contributed by atoms with Gasteiger partial charge in [-0.2, -0.15) is 11.8 Å². The van der Waals surface area contributed by atoms with E-state index in [1.165, 1.54) is 23.4 Å². The summed E-state index contributed by atoms with van der Waals surface area (Å²) in [6, 6.07) is 9.32. The lowest BCUT2D eigenvalue weighted by molar-refractivity contribution is 0.747. The van der Waals surface area contributed by atoms with E-state index < -0.39 is 0 Å². The van der Waals surface area contributed by atoms with Crippen molar-refractivity contribution in [2.45, 2.75) is 31.6 Å². The van der Waals surface area contributed by atoms with Crippen LogP contribution in [0.25, 0.3) is 0 Å². The van der Waals surface area contributed by atoms with E-state index in [0.717, 1.165) is 5.25 Å². The van der Waals surface area contributed by atoms with Gasteiger partial charge in [-0.3, -0.25) is 0 Å².